The molecule has 3 N–H and O–H groups in total. The van der Waals surface area contributed by atoms with Gasteiger partial charge >= 0.3 is 0 Å². The zero-order valence-electron chi connectivity index (χ0n) is 15.6. The van der Waals surface area contributed by atoms with Crippen molar-refractivity contribution in [3.63, 3.8) is 0 Å². The van der Waals surface area contributed by atoms with Crippen LogP contribution >= 0.6 is 0 Å². The molecular weight excluding hydrogens is 326 g/mol. The van der Waals surface area contributed by atoms with Crippen LogP contribution in [0.4, 0.5) is 0 Å². The van der Waals surface area contributed by atoms with Crippen LogP contribution in [0.1, 0.15) is 24.0 Å². The fourth-order valence-corrected chi connectivity index (χ4v) is 2.76. The molecule has 0 aromatic heterocycles. The average molecular weight is 355 g/mol. The molecule has 140 valence electrons. The van der Waals surface area contributed by atoms with Crippen molar-refractivity contribution in [2.75, 3.05) is 33.4 Å². The van der Waals surface area contributed by atoms with Gasteiger partial charge in [0, 0.05) is 19.0 Å². The Hall–Kier alpha value is -2.53. The first-order valence-electron chi connectivity index (χ1n) is 9.08. The molecule has 0 bridgehead atoms. The first-order valence-corrected chi connectivity index (χ1v) is 9.08. The van der Waals surface area contributed by atoms with E-state index in [4.69, 9.17) is 4.74 Å². The number of hydrogen-bond acceptors (Lipinski definition) is 3. The maximum Gasteiger partial charge on any atom is 0.191 e. The zero-order valence-corrected chi connectivity index (χ0v) is 15.6. The van der Waals surface area contributed by atoms with Gasteiger partial charge in [-0.1, -0.05) is 48.5 Å². The maximum absolute atomic E-state index is 9.68. The van der Waals surface area contributed by atoms with Crippen molar-refractivity contribution in [3.05, 3.63) is 65.7 Å². The molecule has 5 nitrogen and oxygen atoms in total. The molecule has 2 rings (SSSR count). The lowest BCUT2D eigenvalue weighted by atomic mass is 10.0. The molecule has 2 aromatic carbocycles. The highest BCUT2D eigenvalue weighted by Crippen LogP contribution is 2.17. The number of aliphatic imine (C=N–C) groups is 1. The summed E-state index contributed by atoms with van der Waals surface area (Å²) in [4.78, 5) is 4.64. The number of ether oxygens (including phenoxy) is 1. The van der Waals surface area contributed by atoms with Crippen LogP contribution in [0.25, 0.3) is 0 Å². The van der Waals surface area contributed by atoms with E-state index in [1.54, 1.807) is 7.11 Å². The van der Waals surface area contributed by atoms with Gasteiger partial charge in [-0.3, -0.25) is 4.99 Å². The minimum atomic E-state index is 0.000809. The highest BCUT2D eigenvalue weighted by molar-refractivity contribution is 5.79. The normalized spacial score (nSPS) is 12.5. The van der Waals surface area contributed by atoms with Gasteiger partial charge in [-0.05, 0) is 30.5 Å². The number of para-hydroxylation sites is 1. The van der Waals surface area contributed by atoms with Crippen molar-refractivity contribution in [1.82, 2.24) is 10.6 Å². The van der Waals surface area contributed by atoms with E-state index in [0.29, 0.717) is 6.54 Å². The van der Waals surface area contributed by atoms with Gasteiger partial charge in [0.05, 0.1) is 20.3 Å². The topological polar surface area (TPSA) is 65.9 Å². The van der Waals surface area contributed by atoms with Crippen LogP contribution in [0, 0.1) is 0 Å². The van der Waals surface area contributed by atoms with E-state index in [1.165, 1.54) is 0 Å². The summed E-state index contributed by atoms with van der Waals surface area (Å²) in [6.07, 6.45) is 0.844. The first kappa shape index (κ1) is 19.8. The Bertz CT molecular complexity index is 674. The lowest BCUT2D eigenvalue weighted by Gasteiger charge is -2.15. The van der Waals surface area contributed by atoms with Crippen LogP contribution in [0.2, 0.25) is 0 Å². The second-order valence-electron chi connectivity index (χ2n) is 6.00. The fraction of sp³-hybridized carbons (Fsp3) is 0.381. The predicted octanol–water partition coefficient (Wildman–Crippen LogP) is 2.57. The maximum atomic E-state index is 9.68. The molecule has 2 aromatic rings. The van der Waals surface area contributed by atoms with Crippen molar-refractivity contribution >= 4 is 5.96 Å². The predicted molar refractivity (Wildman–Crippen MR) is 107 cm³/mol. The molecule has 0 saturated heterocycles. The number of guanidine groups is 1. The molecule has 0 aliphatic rings. The summed E-state index contributed by atoms with van der Waals surface area (Å²) in [6.45, 7) is 4.19. The molecule has 0 amide bonds. The van der Waals surface area contributed by atoms with Crippen molar-refractivity contribution in [3.8, 4) is 5.75 Å². The molecule has 0 heterocycles. The fourth-order valence-electron chi connectivity index (χ4n) is 2.76. The lowest BCUT2D eigenvalue weighted by molar-refractivity contribution is 0.268. The van der Waals surface area contributed by atoms with Crippen molar-refractivity contribution in [1.29, 1.82) is 0 Å². The van der Waals surface area contributed by atoms with Crippen LogP contribution in [0.15, 0.2) is 59.6 Å². The molecule has 0 saturated carbocycles. The van der Waals surface area contributed by atoms with Gasteiger partial charge < -0.3 is 20.5 Å². The summed E-state index contributed by atoms with van der Waals surface area (Å²) >= 11 is 0. The van der Waals surface area contributed by atoms with Crippen LogP contribution in [-0.4, -0.2) is 44.4 Å². The largest absolute Gasteiger partial charge is 0.496 e. The summed E-state index contributed by atoms with van der Waals surface area (Å²) in [6, 6.07) is 18.0. The van der Waals surface area contributed by atoms with E-state index in [1.807, 2.05) is 55.5 Å². The molecule has 5 heteroatoms. The number of rotatable bonds is 9. The molecular formula is C21H29N3O2. The van der Waals surface area contributed by atoms with E-state index >= 15 is 0 Å². The second kappa shape index (κ2) is 11.2. The zero-order chi connectivity index (χ0) is 18.6. The quantitative estimate of drug-likeness (QED) is 0.478. The van der Waals surface area contributed by atoms with Crippen LogP contribution < -0.4 is 15.4 Å². The number of benzene rings is 2. The molecule has 1 unspecified atom stereocenters. The molecule has 0 spiro atoms. The number of methoxy groups -OCH3 is 1. The van der Waals surface area contributed by atoms with Crippen LogP contribution in [0.3, 0.4) is 0 Å². The SMILES string of the molecule is CCNC(=NCC(CO)c1ccccc1)NCCc1ccccc1OC. The second-order valence-corrected chi connectivity index (χ2v) is 6.00. The van der Waals surface area contributed by atoms with Gasteiger partial charge in [-0.25, -0.2) is 0 Å². The Morgan fingerprint density at radius 2 is 1.81 bits per heavy atom. The van der Waals surface area contributed by atoms with Gasteiger partial charge in [0.2, 0.25) is 0 Å². The average Bonchev–Trinajstić information content (AvgIpc) is 2.69. The summed E-state index contributed by atoms with van der Waals surface area (Å²) < 4.78 is 5.39. The van der Waals surface area contributed by atoms with Crippen molar-refractivity contribution in [2.24, 2.45) is 4.99 Å². The molecule has 0 radical (unpaired) electrons. The number of hydrogen-bond donors (Lipinski definition) is 3. The Balaban J connectivity index is 1.93. The Kier molecular flexibility index (Phi) is 8.49. The van der Waals surface area contributed by atoms with Gasteiger partial charge in [-0.15, -0.1) is 0 Å². The highest BCUT2D eigenvalue weighted by atomic mass is 16.5. The number of nitrogens with one attached hydrogen (secondary N) is 2. The Morgan fingerprint density at radius 1 is 1.08 bits per heavy atom. The van der Waals surface area contributed by atoms with E-state index in [9.17, 15) is 5.11 Å². The van der Waals surface area contributed by atoms with Crippen LogP contribution in [0.5, 0.6) is 5.75 Å². The molecule has 0 fully saturated rings. The van der Waals surface area contributed by atoms with Crippen molar-refractivity contribution in [2.45, 2.75) is 19.3 Å². The van der Waals surface area contributed by atoms with Crippen LogP contribution in [-0.2, 0) is 6.42 Å². The molecule has 0 aliphatic heterocycles. The van der Waals surface area contributed by atoms with Gasteiger partial charge in [-0.2, -0.15) is 0 Å². The van der Waals surface area contributed by atoms with Gasteiger partial charge in [0.1, 0.15) is 5.75 Å². The minimum Gasteiger partial charge on any atom is -0.496 e. The first-order chi connectivity index (χ1) is 12.8. The van der Waals surface area contributed by atoms with Crippen molar-refractivity contribution < 1.29 is 9.84 Å². The minimum absolute atomic E-state index is 0.000809. The lowest BCUT2D eigenvalue weighted by Crippen LogP contribution is -2.38. The molecule has 26 heavy (non-hydrogen) atoms. The van der Waals surface area contributed by atoms with E-state index in [2.05, 4.69) is 21.7 Å². The number of nitrogens with zero attached hydrogens (tertiary/aromatic N) is 1. The van der Waals surface area contributed by atoms with E-state index in [-0.39, 0.29) is 12.5 Å². The summed E-state index contributed by atoms with van der Waals surface area (Å²) in [5.74, 6) is 1.67. The Morgan fingerprint density at radius 3 is 2.50 bits per heavy atom. The molecule has 1 atom stereocenters. The number of aliphatic hydroxyl groups is 1. The summed E-state index contributed by atoms with van der Waals surface area (Å²) in [7, 11) is 1.69. The number of aliphatic hydroxyl groups excluding tert-OH is 1. The smallest absolute Gasteiger partial charge is 0.191 e. The van der Waals surface area contributed by atoms with Gasteiger partial charge in [0.25, 0.3) is 0 Å². The Labute approximate surface area is 156 Å². The van der Waals surface area contributed by atoms with E-state index < -0.39 is 0 Å². The van der Waals surface area contributed by atoms with Gasteiger partial charge in [0.15, 0.2) is 5.96 Å². The summed E-state index contributed by atoms with van der Waals surface area (Å²) in [5, 5.41) is 16.3. The summed E-state index contributed by atoms with van der Waals surface area (Å²) in [5.41, 5.74) is 2.26. The standard InChI is InChI=1S/C21H29N3O2/c1-3-22-21(23-14-13-18-11-7-8-12-20(18)26-2)24-15-19(16-25)17-9-5-4-6-10-17/h4-12,19,25H,3,13-16H2,1-2H3,(H2,22,23,24). The molecule has 0 aliphatic carbocycles. The monoisotopic (exact) mass is 355 g/mol. The third-order valence-corrected chi connectivity index (χ3v) is 4.18. The third-order valence-electron chi connectivity index (χ3n) is 4.18. The van der Waals surface area contributed by atoms with E-state index in [0.717, 1.165) is 42.3 Å². The highest BCUT2D eigenvalue weighted by Gasteiger charge is 2.10. The third kappa shape index (κ3) is 6.08.